The van der Waals surface area contributed by atoms with Crippen LogP contribution in [0.5, 0.6) is 0 Å². The largest absolute Gasteiger partial charge is 0.460 e. The smallest absolute Gasteiger partial charge is 0.323 e. The Morgan fingerprint density at radius 2 is 1.75 bits per heavy atom. The van der Waals surface area contributed by atoms with Gasteiger partial charge in [-0.15, -0.1) is 0 Å². The standard InChI is InChI=1S/C16H16ClNO2/c17-14-9-5-4-8-13(14)11-20-16(19)15(18)10-12-6-2-1-3-7-12/h1-9,15H,10-11,18H2/t15-/m0/s1. The third-order valence-corrected chi connectivity index (χ3v) is 3.30. The summed E-state index contributed by atoms with van der Waals surface area (Å²) >= 11 is 5.99. The number of benzene rings is 2. The fourth-order valence-corrected chi connectivity index (χ4v) is 2.01. The maximum Gasteiger partial charge on any atom is 0.323 e. The van der Waals surface area contributed by atoms with Crippen molar-refractivity contribution in [2.45, 2.75) is 19.1 Å². The quantitative estimate of drug-likeness (QED) is 0.861. The van der Waals surface area contributed by atoms with Gasteiger partial charge in [-0.3, -0.25) is 4.79 Å². The van der Waals surface area contributed by atoms with E-state index >= 15 is 0 Å². The zero-order valence-electron chi connectivity index (χ0n) is 11.0. The van der Waals surface area contributed by atoms with Crippen LogP contribution in [-0.4, -0.2) is 12.0 Å². The van der Waals surface area contributed by atoms with Crippen molar-refractivity contribution in [1.82, 2.24) is 0 Å². The lowest BCUT2D eigenvalue weighted by Gasteiger charge is -2.12. The van der Waals surface area contributed by atoms with E-state index in [0.29, 0.717) is 11.4 Å². The Kier molecular flexibility index (Phi) is 5.16. The molecule has 2 N–H and O–H groups in total. The number of nitrogens with two attached hydrogens (primary N) is 1. The Bertz CT molecular complexity index is 572. The minimum Gasteiger partial charge on any atom is -0.460 e. The van der Waals surface area contributed by atoms with E-state index in [4.69, 9.17) is 22.1 Å². The fraction of sp³-hybridized carbons (Fsp3) is 0.188. The molecule has 2 aromatic rings. The Hall–Kier alpha value is -1.84. The van der Waals surface area contributed by atoms with Gasteiger partial charge in [-0.2, -0.15) is 0 Å². The molecule has 0 bridgehead atoms. The zero-order valence-corrected chi connectivity index (χ0v) is 11.7. The van der Waals surface area contributed by atoms with Gasteiger partial charge in [0.15, 0.2) is 0 Å². The monoisotopic (exact) mass is 289 g/mol. The molecule has 0 aliphatic rings. The average molecular weight is 290 g/mol. The molecule has 0 saturated carbocycles. The van der Waals surface area contributed by atoms with Crippen LogP contribution < -0.4 is 5.73 Å². The van der Waals surface area contributed by atoms with Crippen LogP contribution in [0.25, 0.3) is 0 Å². The van der Waals surface area contributed by atoms with Crippen molar-refractivity contribution in [3.8, 4) is 0 Å². The molecule has 4 heteroatoms. The summed E-state index contributed by atoms with van der Waals surface area (Å²) in [6.45, 7) is 0.140. The number of hydrogen-bond donors (Lipinski definition) is 1. The van der Waals surface area contributed by atoms with Gasteiger partial charge in [0, 0.05) is 10.6 Å². The third kappa shape index (κ3) is 4.08. The molecule has 0 spiro atoms. The third-order valence-electron chi connectivity index (χ3n) is 2.93. The molecule has 0 aliphatic carbocycles. The van der Waals surface area contributed by atoms with Gasteiger partial charge in [0.05, 0.1) is 0 Å². The molecule has 0 heterocycles. The molecule has 1 atom stereocenters. The van der Waals surface area contributed by atoms with E-state index in [-0.39, 0.29) is 6.61 Å². The van der Waals surface area contributed by atoms with Crippen LogP contribution in [0.4, 0.5) is 0 Å². The van der Waals surface area contributed by atoms with E-state index < -0.39 is 12.0 Å². The van der Waals surface area contributed by atoms with Gasteiger partial charge in [0.25, 0.3) is 0 Å². The molecule has 0 radical (unpaired) electrons. The Morgan fingerprint density at radius 3 is 2.45 bits per heavy atom. The van der Waals surface area contributed by atoms with Crippen molar-refractivity contribution in [3.63, 3.8) is 0 Å². The van der Waals surface area contributed by atoms with Crippen molar-refractivity contribution in [2.75, 3.05) is 0 Å². The molecule has 0 unspecified atom stereocenters. The molecular formula is C16H16ClNO2. The first kappa shape index (κ1) is 14.6. The minimum absolute atomic E-state index is 0.140. The van der Waals surface area contributed by atoms with Gasteiger partial charge in [-0.1, -0.05) is 60.1 Å². The Labute approximate surface area is 123 Å². The molecule has 2 aromatic carbocycles. The second kappa shape index (κ2) is 7.08. The van der Waals surface area contributed by atoms with Gasteiger partial charge in [0.2, 0.25) is 0 Å². The first-order chi connectivity index (χ1) is 9.66. The number of carbonyl (C=O) groups excluding carboxylic acids is 1. The highest BCUT2D eigenvalue weighted by Gasteiger charge is 2.16. The number of halogens is 1. The molecule has 0 saturated heterocycles. The highest BCUT2D eigenvalue weighted by Crippen LogP contribution is 2.16. The normalized spacial score (nSPS) is 11.9. The second-order valence-corrected chi connectivity index (χ2v) is 4.90. The van der Waals surface area contributed by atoms with E-state index in [9.17, 15) is 4.79 Å². The summed E-state index contributed by atoms with van der Waals surface area (Å²) in [6, 6.07) is 16.2. The predicted molar refractivity (Wildman–Crippen MR) is 79.4 cm³/mol. The van der Waals surface area contributed by atoms with Gasteiger partial charge < -0.3 is 10.5 Å². The summed E-state index contributed by atoms with van der Waals surface area (Å²) in [5, 5.41) is 0.580. The first-order valence-electron chi connectivity index (χ1n) is 6.36. The van der Waals surface area contributed by atoms with Crippen molar-refractivity contribution in [3.05, 3.63) is 70.7 Å². The van der Waals surface area contributed by atoms with Gasteiger partial charge in [-0.05, 0) is 18.1 Å². The van der Waals surface area contributed by atoms with Crippen molar-refractivity contribution in [2.24, 2.45) is 5.73 Å². The highest BCUT2D eigenvalue weighted by atomic mass is 35.5. The Morgan fingerprint density at radius 1 is 1.10 bits per heavy atom. The van der Waals surface area contributed by atoms with Gasteiger partial charge in [-0.25, -0.2) is 0 Å². The molecule has 3 nitrogen and oxygen atoms in total. The maximum atomic E-state index is 11.8. The molecule has 0 aliphatic heterocycles. The van der Waals surface area contributed by atoms with Gasteiger partial charge >= 0.3 is 5.97 Å². The van der Waals surface area contributed by atoms with Crippen LogP contribution in [0.15, 0.2) is 54.6 Å². The topological polar surface area (TPSA) is 52.3 Å². The van der Waals surface area contributed by atoms with Crippen molar-refractivity contribution >= 4 is 17.6 Å². The summed E-state index contributed by atoms with van der Waals surface area (Å²) in [4.78, 5) is 11.8. The van der Waals surface area contributed by atoms with Crippen LogP contribution in [0, 0.1) is 0 Å². The van der Waals surface area contributed by atoms with E-state index in [1.807, 2.05) is 48.5 Å². The lowest BCUT2D eigenvalue weighted by molar-refractivity contribution is -0.146. The zero-order chi connectivity index (χ0) is 14.4. The van der Waals surface area contributed by atoms with Crippen LogP contribution in [0.3, 0.4) is 0 Å². The summed E-state index contributed by atoms with van der Waals surface area (Å²) in [5.41, 5.74) is 7.63. The number of carbonyl (C=O) groups is 1. The average Bonchev–Trinajstić information content (AvgIpc) is 2.47. The second-order valence-electron chi connectivity index (χ2n) is 4.50. The summed E-state index contributed by atoms with van der Waals surface area (Å²) in [6.07, 6.45) is 0.461. The first-order valence-corrected chi connectivity index (χ1v) is 6.74. The van der Waals surface area contributed by atoms with Crippen LogP contribution in [0.1, 0.15) is 11.1 Å². The fourth-order valence-electron chi connectivity index (χ4n) is 1.82. The highest BCUT2D eigenvalue weighted by molar-refractivity contribution is 6.31. The van der Waals surface area contributed by atoms with E-state index in [1.165, 1.54) is 0 Å². The van der Waals surface area contributed by atoms with Crippen LogP contribution in [0.2, 0.25) is 5.02 Å². The lowest BCUT2D eigenvalue weighted by atomic mass is 10.1. The number of esters is 1. The van der Waals surface area contributed by atoms with Crippen LogP contribution in [-0.2, 0) is 22.6 Å². The summed E-state index contributed by atoms with van der Waals surface area (Å²) in [5.74, 6) is -0.422. The molecule has 0 amide bonds. The molecule has 104 valence electrons. The van der Waals surface area contributed by atoms with E-state index in [1.54, 1.807) is 6.07 Å². The minimum atomic E-state index is -0.667. The van der Waals surface area contributed by atoms with E-state index in [2.05, 4.69) is 0 Å². The number of hydrogen-bond acceptors (Lipinski definition) is 3. The maximum absolute atomic E-state index is 11.8. The predicted octanol–water partition coefficient (Wildman–Crippen LogP) is 2.95. The molecule has 20 heavy (non-hydrogen) atoms. The molecular weight excluding hydrogens is 274 g/mol. The lowest BCUT2D eigenvalue weighted by Crippen LogP contribution is -2.34. The molecule has 0 fully saturated rings. The number of ether oxygens (including phenoxy) is 1. The van der Waals surface area contributed by atoms with Crippen LogP contribution >= 0.6 is 11.6 Å². The SMILES string of the molecule is N[C@@H](Cc1ccccc1)C(=O)OCc1ccccc1Cl. The van der Waals surface area contributed by atoms with Crippen molar-refractivity contribution in [1.29, 1.82) is 0 Å². The summed E-state index contributed by atoms with van der Waals surface area (Å²) in [7, 11) is 0. The van der Waals surface area contributed by atoms with E-state index in [0.717, 1.165) is 11.1 Å². The van der Waals surface area contributed by atoms with Gasteiger partial charge in [0.1, 0.15) is 12.6 Å². The summed E-state index contributed by atoms with van der Waals surface area (Å²) < 4.78 is 5.19. The molecule has 0 aromatic heterocycles. The Balaban J connectivity index is 1.87. The van der Waals surface area contributed by atoms with Crippen molar-refractivity contribution < 1.29 is 9.53 Å². The number of rotatable bonds is 5. The molecule has 2 rings (SSSR count).